The number of hydrogen-bond acceptors (Lipinski definition) is 4. The predicted octanol–water partition coefficient (Wildman–Crippen LogP) is 4.65. The summed E-state index contributed by atoms with van der Waals surface area (Å²) in [4.78, 5) is 9.79. The van der Waals surface area contributed by atoms with E-state index >= 15 is 0 Å². The van der Waals surface area contributed by atoms with Gasteiger partial charge in [0.15, 0.2) is 0 Å². The lowest BCUT2D eigenvalue weighted by molar-refractivity contribution is 0.114. The molecule has 1 fully saturated rings. The molecule has 2 aromatic heterocycles. The van der Waals surface area contributed by atoms with E-state index in [1.807, 2.05) is 23.6 Å². The summed E-state index contributed by atoms with van der Waals surface area (Å²) in [6.07, 6.45) is 4.58. The molecule has 0 N–H and O–H groups in total. The first-order valence-corrected chi connectivity index (χ1v) is 9.35. The van der Waals surface area contributed by atoms with Gasteiger partial charge in [-0.1, -0.05) is 19.9 Å². The number of aromatic nitrogens is 1. The Hall–Kier alpha value is -1.23. The third-order valence-electron chi connectivity index (χ3n) is 4.04. The van der Waals surface area contributed by atoms with Crippen LogP contribution in [-0.2, 0) is 17.8 Å². The van der Waals surface area contributed by atoms with Crippen LogP contribution in [0.2, 0.25) is 0 Å². The van der Waals surface area contributed by atoms with Crippen LogP contribution < -0.4 is 0 Å². The van der Waals surface area contributed by atoms with Gasteiger partial charge in [-0.15, -0.1) is 11.3 Å². The molecule has 1 aliphatic heterocycles. The van der Waals surface area contributed by atoms with Crippen molar-refractivity contribution in [3.8, 4) is 0 Å². The Morgan fingerprint density at radius 2 is 2.17 bits per heavy atom. The molecule has 1 aliphatic rings. The summed E-state index contributed by atoms with van der Waals surface area (Å²) in [5.74, 6) is 0.649. The molecule has 3 heterocycles. The molecule has 0 amide bonds. The second kappa shape index (κ2) is 8.04. The van der Waals surface area contributed by atoms with Crippen molar-refractivity contribution in [1.82, 2.24) is 9.88 Å². The Balaban J connectivity index is 1.65. The lowest BCUT2D eigenvalue weighted by Gasteiger charge is -2.23. The topological polar surface area (TPSA) is 25.4 Å². The average molecular weight is 330 g/mol. The lowest BCUT2D eigenvalue weighted by atomic mass is 10.2. The molecule has 0 spiro atoms. The molecule has 23 heavy (non-hydrogen) atoms. The number of nitrogens with zero attached hydrogens (tertiary/aromatic N) is 2. The molecule has 0 unspecified atom stereocenters. The first-order chi connectivity index (χ1) is 11.2. The van der Waals surface area contributed by atoms with E-state index in [9.17, 15) is 0 Å². The minimum Gasteiger partial charge on any atom is -0.373 e. The van der Waals surface area contributed by atoms with E-state index in [0.29, 0.717) is 12.0 Å². The van der Waals surface area contributed by atoms with Gasteiger partial charge in [-0.2, -0.15) is 0 Å². The van der Waals surface area contributed by atoms with Crippen molar-refractivity contribution < 1.29 is 4.74 Å². The van der Waals surface area contributed by atoms with Crippen LogP contribution >= 0.6 is 11.3 Å². The van der Waals surface area contributed by atoms with E-state index < -0.39 is 0 Å². The Kier molecular flexibility index (Phi) is 5.81. The predicted molar refractivity (Wildman–Crippen MR) is 95.4 cm³/mol. The van der Waals surface area contributed by atoms with Gasteiger partial charge >= 0.3 is 0 Å². The molecule has 124 valence electrons. The van der Waals surface area contributed by atoms with Gasteiger partial charge in [0.2, 0.25) is 0 Å². The summed E-state index contributed by atoms with van der Waals surface area (Å²) in [5, 5.41) is 0. The van der Waals surface area contributed by atoms with E-state index in [2.05, 4.69) is 48.0 Å². The van der Waals surface area contributed by atoms with E-state index in [1.165, 1.54) is 22.6 Å². The van der Waals surface area contributed by atoms with Gasteiger partial charge in [-0.05, 0) is 43.0 Å². The van der Waals surface area contributed by atoms with Crippen LogP contribution in [0.15, 0.2) is 36.5 Å². The molecule has 1 saturated heterocycles. The van der Waals surface area contributed by atoms with Gasteiger partial charge in [0, 0.05) is 42.2 Å². The van der Waals surface area contributed by atoms with Crippen molar-refractivity contribution in [2.45, 2.75) is 45.9 Å². The highest BCUT2D eigenvalue weighted by Gasteiger charge is 2.20. The van der Waals surface area contributed by atoms with Crippen LogP contribution in [0.25, 0.3) is 0 Å². The van der Waals surface area contributed by atoms with Crippen LogP contribution in [0.3, 0.4) is 0 Å². The Morgan fingerprint density at radius 3 is 2.87 bits per heavy atom. The fraction of sp³-hybridized carbons (Fsp3) is 0.526. The fourth-order valence-corrected chi connectivity index (χ4v) is 4.24. The van der Waals surface area contributed by atoms with Crippen LogP contribution in [0.5, 0.6) is 0 Å². The third-order valence-corrected chi connectivity index (χ3v) is 5.21. The van der Waals surface area contributed by atoms with E-state index in [4.69, 9.17) is 4.74 Å². The molecule has 0 bridgehead atoms. The van der Waals surface area contributed by atoms with Crippen molar-refractivity contribution in [3.63, 3.8) is 0 Å². The van der Waals surface area contributed by atoms with Gasteiger partial charge < -0.3 is 4.74 Å². The highest BCUT2D eigenvalue weighted by Crippen LogP contribution is 2.33. The zero-order valence-electron chi connectivity index (χ0n) is 14.1. The van der Waals surface area contributed by atoms with Gasteiger partial charge in [0.05, 0.1) is 11.8 Å². The van der Waals surface area contributed by atoms with Gasteiger partial charge in [-0.3, -0.25) is 9.88 Å². The Bertz CT molecular complexity index is 590. The van der Waals surface area contributed by atoms with E-state index in [1.54, 1.807) is 0 Å². The molecule has 1 atom stereocenters. The number of ether oxygens (including phenoxy) is 1. The molecular formula is C19H26N2OS. The Morgan fingerprint density at radius 1 is 1.26 bits per heavy atom. The summed E-state index contributed by atoms with van der Waals surface area (Å²) in [5.41, 5.74) is 1.14. The smallest absolute Gasteiger partial charge is 0.0917 e. The maximum absolute atomic E-state index is 5.80. The molecule has 0 aliphatic carbocycles. The molecular weight excluding hydrogens is 304 g/mol. The maximum atomic E-state index is 5.80. The zero-order chi connectivity index (χ0) is 16.1. The van der Waals surface area contributed by atoms with Crippen molar-refractivity contribution in [2.24, 2.45) is 5.92 Å². The summed E-state index contributed by atoms with van der Waals surface area (Å²) < 4.78 is 5.80. The van der Waals surface area contributed by atoms with Crippen molar-refractivity contribution in [1.29, 1.82) is 0 Å². The van der Waals surface area contributed by atoms with Crippen molar-refractivity contribution in [2.75, 3.05) is 13.2 Å². The third kappa shape index (κ3) is 4.87. The summed E-state index contributed by atoms with van der Waals surface area (Å²) in [7, 11) is 0. The van der Waals surface area contributed by atoms with Gasteiger partial charge in [-0.25, -0.2) is 0 Å². The summed E-state index contributed by atoms with van der Waals surface area (Å²) in [6.45, 7) is 8.45. The second-order valence-electron chi connectivity index (χ2n) is 6.69. The second-order valence-corrected chi connectivity index (χ2v) is 7.89. The number of hydrogen-bond donors (Lipinski definition) is 0. The van der Waals surface area contributed by atoms with Crippen molar-refractivity contribution >= 4 is 11.3 Å². The van der Waals surface area contributed by atoms with Gasteiger partial charge in [0.1, 0.15) is 0 Å². The molecule has 2 aromatic rings. The molecule has 4 heteroatoms. The average Bonchev–Trinajstić information content (AvgIpc) is 3.18. The number of pyridine rings is 1. The lowest BCUT2D eigenvalue weighted by Crippen LogP contribution is -2.27. The van der Waals surface area contributed by atoms with E-state index in [-0.39, 0.29) is 0 Å². The molecule has 0 radical (unpaired) electrons. The minimum atomic E-state index is 0.336. The molecule has 0 aromatic carbocycles. The van der Waals surface area contributed by atoms with Crippen LogP contribution in [0.1, 0.15) is 48.2 Å². The highest BCUT2D eigenvalue weighted by atomic mass is 32.1. The molecule has 3 nitrogen and oxygen atoms in total. The Labute approximate surface area is 143 Å². The highest BCUT2D eigenvalue weighted by molar-refractivity contribution is 7.12. The van der Waals surface area contributed by atoms with Crippen LogP contribution in [-0.4, -0.2) is 23.0 Å². The summed E-state index contributed by atoms with van der Waals surface area (Å²) in [6, 6.07) is 10.7. The standard InChI is InChI=1S/C19H26N2OS/c1-15(2)12-21(13-16-6-3-4-10-20-16)14-17-8-9-19(23-17)18-7-5-11-22-18/h3-4,6,8-10,15,18H,5,7,11-14H2,1-2H3/t18-/m0/s1. The van der Waals surface area contributed by atoms with Gasteiger partial charge in [0.25, 0.3) is 0 Å². The SMILES string of the molecule is CC(C)CN(Cc1ccccn1)Cc1ccc([C@@H]2CCCO2)s1. The fourth-order valence-electron chi connectivity index (χ4n) is 3.10. The van der Waals surface area contributed by atoms with Crippen LogP contribution in [0.4, 0.5) is 0 Å². The largest absolute Gasteiger partial charge is 0.373 e. The summed E-state index contributed by atoms with van der Waals surface area (Å²) >= 11 is 1.91. The maximum Gasteiger partial charge on any atom is 0.0917 e. The quantitative estimate of drug-likeness (QED) is 0.739. The number of rotatable bonds is 7. The zero-order valence-corrected chi connectivity index (χ0v) is 14.9. The van der Waals surface area contributed by atoms with Crippen molar-refractivity contribution in [3.05, 3.63) is 52.0 Å². The molecule has 3 rings (SSSR count). The monoisotopic (exact) mass is 330 g/mol. The minimum absolute atomic E-state index is 0.336. The number of thiophene rings is 1. The first kappa shape index (κ1) is 16.6. The normalized spacial score (nSPS) is 18.2. The molecule has 0 saturated carbocycles. The van der Waals surface area contributed by atoms with E-state index in [0.717, 1.165) is 31.9 Å². The van der Waals surface area contributed by atoms with Crippen LogP contribution in [0, 0.1) is 5.92 Å². The first-order valence-electron chi connectivity index (χ1n) is 8.53.